The summed E-state index contributed by atoms with van der Waals surface area (Å²) < 4.78 is 0. The molecule has 0 atom stereocenters. The summed E-state index contributed by atoms with van der Waals surface area (Å²) in [5.41, 5.74) is 0.808. The molecule has 0 unspecified atom stereocenters. The van der Waals surface area contributed by atoms with Gasteiger partial charge in [-0.15, -0.1) is 22.9 Å². The van der Waals surface area contributed by atoms with E-state index in [2.05, 4.69) is 17.2 Å². The fraction of sp³-hybridized carbons (Fsp3) is 0.556. The Labute approximate surface area is 92.5 Å². The molecule has 0 spiro atoms. The van der Waals surface area contributed by atoms with E-state index in [9.17, 15) is 4.79 Å². The second-order valence-corrected chi connectivity index (χ2v) is 4.05. The van der Waals surface area contributed by atoms with Gasteiger partial charge in [-0.25, -0.2) is 4.98 Å². The molecule has 1 amide bonds. The van der Waals surface area contributed by atoms with E-state index in [0.717, 1.165) is 18.5 Å². The minimum atomic E-state index is 0.0299. The second kappa shape index (κ2) is 5.98. The van der Waals surface area contributed by atoms with Gasteiger partial charge in [0.1, 0.15) is 0 Å². The second-order valence-electron chi connectivity index (χ2n) is 2.93. The van der Waals surface area contributed by atoms with Gasteiger partial charge in [0.15, 0.2) is 5.13 Å². The monoisotopic (exact) mass is 232 g/mol. The topological polar surface area (TPSA) is 42.0 Å². The molecule has 1 aromatic heterocycles. The van der Waals surface area contributed by atoms with Crippen molar-refractivity contribution in [3.8, 4) is 0 Å². The van der Waals surface area contributed by atoms with Crippen LogP contribution in [-0.4, -0.2) is 10.9 Å². The van der Waals surface area contributed by atoms with E-state index in [4.69, 9.17) is 11.6 Å². The summed E-state index contributed by atoms with van der Waals surface area (Å²) in [5, 5.41) is 5.23. The van der Waals surface area contributed by atoms with Crippen molar-refractivity contribution >= 4 is 34.0 Å². The number of anilines is 1. The smallest absolute Gasteiger partial charge is 0.226 e. The lowest BCUT2D eigenvalue weighted by molar-refractivity contribution is -0.116. The Kier molecular flexibility index (Phi) is 4.90. The van der Waals surface area contributed by atoms with Crippen LogP contribution in [0.5, 0.6) is 0 Å². The molecule has 0 saturated carbocycles. The van der Waals surface area contributed by atoms with Gasteiger partial charge in [0, 0.05) is 11.8 Å². The molecule has 1 rings (SSSR count). The van der Waals surface area contributed by atoms with Gasteiger partial charge >= 0.3 is 0 Å². The van der Waals surface area contributed by atoms with Gasteiger partial charge in [-0.2, -0.15) is 0 Å². The van der Waals surface area contributed by atoms with Crippen LogP contribution in [0, 0.1) is 0 Å². The fourth-order valence-corrected chi connectivity index (χ4v) is 1.90. The molecular weight excluding hydrogens is 220 g/mol. The van der Waals surface area contributed by atoms with E-state index < -0.39 is 0 Å². The summed E-state index contributed by atoms with van der Waals surface area (Å²) in [5.74, 6) is 0.420. The number of rotatable bonds is 5. The zero-order valence-electron chi connectivity index (χ0n) is 8.05. The summed E-state index contributed by atoms with van der Waals surface area (Å²) in [4.78, 5) is 15.4. The minimum absolute atomic E-state index is 0.0299. The zero-order valence-corrected chi connectivity index (χ0v) is 9.62. The van der Waals surface area contributed by atoms with Crippen LogP contribution >= 0.6 is 22.9 Å². The highest BCUT2D eigenvalue weighted by Gasteiger charge is 2.05. The molecule has 0 aliphatic rings. The van der Waals surface area contributed by atoms with Crippen LogP contribution in [0.4, 0.5) is 5.13 Å². The highest BCUT2D eigenvalue weighted by Crippen LogP contribution is 2.16. The number of thiazole rings is 1. The number of hydrogen-bond donors (Lipinski definition) is 1. The van der Waals surface area contributed by atoms with Crippen molar-refractivity contribution in [3.63, 3.8) is 0 Å². The Hall–Kier alpha value is -0.610. The van der Waals surface area contributed by atoms with Gasteiger partial charge in [0.05, 0.1) is 11.6 Å². The maximum absolute atomic E-state index is 11.3. The summed E-state index contributed by atoms with van der Waals surface area (Å²) in [6.45, 7) is 2.06. The summed E-state index contributed by atoms with van der Waals surface area (Å²) in [6.07, 6.45) is 2.50. The first kappa shape index (κ1) is 11.5. The third kappa shape index (κ3) is 3.64. The average molecular weight is 233 g/mol. The molecule has 0 aliphatic carbocycles. The maximum atomic E-state index is 11.3. The maximum Gasteiger partial charge on any atom is 0.226 e. The number of alkyl halides is 1. The van der Waals surface area contributed by atoms with Crippen molar-refractivity contribution in [1.29, 1.82) is 0 Å². The van der Waals surface area contributed by atoms with E-state index in [0.29, 0.717) is 17.4 Å². The molecule has 0 aromatic carbocycles. The van der Waals surface area contributed by atoms with Crippen LogP contribution in [0.25, 0.3) is 0 Å². The lowest BCUT2D eigenvalue weighted by Gasteiger charge is -1.99. The number of nitrogens with zero attached hydrogens (tertiary/aromatic N) is 1. The van der Waals surface area contributed by atoms with E-state index in [1.54, 1.807) is 0 Å². The quantitative estimate of drug-likeness (QED) is 0.793. The molecule has 0 aliphatic heterocycles. The van der Waals surface area contributed by atoms with E-state index in [-0.39, 0.29) is 5.91 Å². The molecule has 1 heterocycles. The molecule has 1 aromatic rings. The molecule has 1 N–H and O–H groups in total. The Bertz CT molecular complexity index is 301. The van der Waals surface area contributed by atoms with E-state index in [1.807, 2.05) is 5.38 Å². The predicted molar refractivity (Wildman–Crippen MR) is 59.8 cm³/mol. The number of carbonyl (C=O) groups excluding carboxylic acids is 1. The van der Waals surface area contributed by atoms with Gasteiger partial charge in [0.25, 0.3) is 0 Å². The lowest BCUT2D eigenvalue weighted by Crippen LogP contribution is -2.10. The summed E-state index contributed by atoms with van der Waals surface area (Å²) in [7, 11) is 0. The van der Waals surface area contributed by atoms with Gasteiger partial charge in [-0.3, -0.25) is 4.79 Å². The number of unbranched alkanes of at least 4 members (excludes halogenated alkanes) is 1. The Morgan fingerprint density at radius 2 is 2.50 bits per heavy atom. The molecule has 5 heteroatoms. The number of nitrogens with one attached hydrogen (secondary N) is 1. The number of amides is 1. The molecule has 3 nitrogen and oxygen atoms in total. The van der Waals surface area contributed by atoms with Crippen LogP contribution in [-0.2, 0) is 10.7 Å². The van der Waals surface area contributed by atoms with E-state index >= 15 is 0 Å². The van der Waals surface area contributed by atoms with Crippen LogP contribution in [0.3, 0.4) is 0 Å². The number of carbonyl (C=O) groups is 1. The van der Waals surface area contributed by atoms with Crippen LogP contribution in [0.2, 0.25) is 0 Å². The highest BCUT2D eigenvalue weighted by atomic mass is 35.5. The largest absolute Gasteiger partial charge is 0.302 e. The van der Waals surface area contributed by atoms with Crippen LogP contribution in [0.15, 0.2) is 5.38 Å². The molecular formula is C9H13ClN2OS. The minimum Gasteiger partial charge on any atom is -0.302 e. The SMILES string of the molecule is CCCCC(=O)Nc1nc(CCl)cs1. The summed E-state index contributed by atoms with van der Waals surface area (Å²) in [6, 6.07) is 0. The number of hydrogen-bond acceptors (Lipinski definition) is 3. The Morgan fingerprint density at radius 3 is 3.07 bits per heavy atom. The molecule has 78 valence electrons. The predicted octanol–water partition coefficient (Wildman–Crippen LogP) is 3.01. The van der Waals surface area contributed by atoms with Gasteiger partial charge in [0.2, 0.25) is 5.91 Å². The first-order valence-electron chi connectivity index (χ1n) is 4.56. The molecule has 0 radical (unpaired) electrons. The van der Waals surface area contributed by atoms with Gasteiger partial charge in [-0.05, 0) is 6.42 Å². The van der Waals surface area contributed by atoms with Crippen molar-refractivity contribution in [2.24, 2.45) is 0 Å². The lowest BCUT2D eigenvalue weighted by atomic mass is 10.2. The first-order valence-corrected chi connectivity index (χ1v) is 5.98. The normalized spacial score (nSPS) is 10.1. The Morgan fingerprint density at radius 1 is 1.71 bits per heavy atom. The standard InChI is InChI=1S/C9H13ClN2OS/c1-2-3-4-8(13)12-9-11-7(5-10)6-14-9/h6H,2-5H2,1H3,(H,11,12,13). The van der Waals surface area contributed by atoms with Crippen molar-refractivity contribution in [2.75, 3.05) is 5.32 Å². The highest BCUT2D eigenvalue weighted by molar-refractivity contribution is 7.13. The summed E-state index contributed by atoms with van der Waals surface area (Å²) >= 11 is 7.00. The van der Waals surface area contributed by atoms with Crippen molar-refractivity contribution in [2.45, 2.75) is 32.1 Å². The fourth-order valence-electron chi connectivity index (χ4n) is 0.945. The van der Waals surface area contributed by atoms with E-state index in [1.165, 1.54) is 11.3 Å². The van der Waals surface area contributed by atoms with Crippen molar-refractivity contribution in [1.82, 2.24) is 4.98 Å². The van der Waals surface area contributed by atoms with Crippen molar-refractivity contribution < 1.29 is 4.79 Å². The van der Waals surface area contributed by atoms with Crippen molar-refractivity contribution in [3.05, 3.63) is 11.1 Å². The molecule has 14 heavy (non-hydrogen) atoms. The molecule has 0 saturated heterocycles. The van der Waals surface area contributed by atoms with Crippen LogP contribution < -0.4 is 5.32 Å². The number of aromatic nitrogens is 1. The molecule has 0 fully saturated rings. The van der Waals surface area contributed by atoms with Gasteiger partial charge < -0.3 is 5.32 Å². The van der Waals surface area contributed by atoms with Gasteiger partial charge in [-0.1, -0.05) is 13.3 Å². The van der Waals surface area contributed by atoms with Crippen LogP contribution in [0.1, 0.15) is 31.9 Å². The third-order valence-corrected chi connectivity index (χ3v) is 2.77. The third-order valence-electron chi connectivity index (χ3n) is 1.69. The Balaban J connectivity index is 2.39. The average Bonchev–Trinajstić information content (AvgIpc) is 2.62. The zero-order chi connectivity index (χ0) is 10.4. The number of halogens is 1. The molecule has 0 bridgehead atoms. The first-order chi connectivity index (χ1) is 6.76.